The first-order valence-corrected chi connectivity index (χ1v) is 12.0. The van der Waals surface area contributed by atoms with Crippen molar-refractivity contribution >= 4 is 17.8 Å². The van der Waals surface area contributed by atoms with Crippen molar-refractivity contribution in [1.29, 1.82) is 0 Å². The van der Waals surface area contributed by atoms with Crippen LogP contribution in [-0.2, 0) is 22.7 Å². The van der Waals surface area contributed by atoms with Gasteiger partial charge >= 0.3 is 6.03 Å². The van der Waals surface area contributed by atoms with E-state index in [9.17, 15) is 14.4 Å². The SMILES string of the molecule is C#CCN1CC(=O)N2C(CN(Cc3ccco3)C(=O)[C@@H]2c2ccccc2)N1C(=O)NCc1ccccc1. The van der Waals surface area contributed by atoms with E-state index in [2.05, 4.69) is 11.2 Å². The van der Waals surface area contributed by atoms with Gasteiger partial charge in [-0.2, -0.15) is 5.01 Å². The number of furan rings is 1. The Hall–Kier alpha value is -4.55. The number of hydrogen-bond acceptors (Lipinski definition) is 5. The molecule has 0 aliphatic carbocycles. The standard InChI is InChI=1S/C28H27N5O4/c1-2-15-31-20-25(34)32-24(33(31)28(36)29-17-21-10-5-3-6-11-21)19-30(18-23-14-9-16-37-23)27(35)26(32)22-12-7-4-8-13-22/h1,3-14,16,24,26H,15,17-20H2,(H,29,36)/t24?,26-/m0/s1. The number of carbonyl (C=O) groups is 3. The van der Waals surface area contributed by atoms with Crippen LogP contribution in [-0.4, -0.2) is 63.5 Å². The van der Waals surface area contributed by atoms with Gasteiger partial charge in [0.1, 0.15) is 18.0 Å². The molecule has 4 amide bonds. The van der Waals surface area contributed by atoms with Gasteiger partial charge in [0, 0.05) is 6.54 Å². The van der Waals surface area contributed by atoms with E-state index in [0.717, 1.165) is 5.56 Å². The van der Waals surface area contributed by atoms with Gasteiger partial charge < -0.3 is 19.5 Å². The lowest BCUT2D eigenvalue weighted by Crippen LogP contribution is -2.74. The molecule has 9 heteroatoms. The van der Waals surface area contributed by atoms with Crippen LogP contribution < -0.4 is 5.32 Å². The molecule has 2 aliphatic heterocycles. The predicted molar refractivity (Wildman–Crippen MR) is 135 cm³/mol. The summed E-state index contributed by atoms with van der Waals surface area (Å²) in [6.07, 6.45) is 6.39. The average molecular weight is 498 g/mol. The second-order valence-electron chi connectivity index (χ2n) is 8.91. The smallest absolute Gasteiger partial charge is 0.334 e. The molecule has 5 rings (SSSR count). The van der Waals surface area contributed by atoms with Gasteiger partial charge in [-0.05, 0) is 23.3 Å². The molecule has 2 atom stereocenters. The number of hydrogen-bond donors (Lipinski definition) is 1. The zero-order valence-corrected chi connectivity index (χ0v) is 20.2. The van der Waals surface area contributed by atoms with E-state index in [-0.39, 0.29) is 38.0 Å². The Kier molecular flexibility index (Phi) is 6.92. The fourth-order valence-electron chi connectivity index (χ4n) is 4.87. The van der Waals surface area contributed by atoms with Crippen molar-refractivity contribution in [2.75, 3.05) is 19.6 Å². The Morgan fingerprint density at radius 1 is 1.03 bits per heavy atom. The fourth-order valence-corrected chi connectivity index (χ4v) is 4.87. The summed E-state index contributed by atoms with van der Waals surface area (Å²) in [4.78, 5) is 44.0. The van der Waals surface area contributed by atoms with Crippen molar-refractivity contribution in [3.05, 3.63) is 95.9 Å². The Balaban J connectivity index is 1.51. The summed E-state index contributed by atoms with van der Waals surface area (Å²) in [6, 6.07) is 20.9. The highest BCUT2D eigenvalue weighted by Crippen LogP contribution is 2.35. The largest absolute Gasteiger partial charge is 0.467 e. The lowest BCUT2D eigenvalue weighted by atomic mass is 9.98. The number of benzene rings is 2. The Morgan fingerprint density at radius 2 is 1.76 bits per heavy atom. The van der Waals surface area contributed by atoms with Crippen LogP contribution in [0.1, 0.15) is 22.9 Å². The molecule has 188 valence electrons. The number of nitrogens with zero attached hydrogens (tertiary/aromatic N) is 4. The number of urea groups is 1. The average Bonchev–Trinajstić information content (AvgIpc) is 3.43. The van der Waals surface area contributed by atoms with Crippen LogP contribution >= 0.6 is 0 Å². The van der Waals surface area contributed by atoms with E-state index in [1.807, 2.05) is 60.7 Å². The number of rotatable bonds is 6. The Bertz CT molecular complexity index is 1290. The van der Waals surface area contributed by atoms with Crippen LogP contribution in [0, 0.1) is 12.3 Å². The maximum absolute atomic E-state index is 13.8. The second-order valence-corrected chi connectivity index (χ2v) is 8.91. The third-order valence-corrected chi connectivity index (χ3v) is 6.53. The topological polar surface area (TPSA) is 89.3 Å². The van der Waals surface area contributed by atoms with Crippen molar-refractivity contribution in [3.8, 4) is 12.3 Å². The quantitative estimate of drug-likeness (QED) is 0.529. The van der Waals surface area contributed by atoms with Gasteiger partial charge in [-0.3, -0.25) is 9.59 Å². The summed E-state index contributed by atoms with van der Waals surface area (Å²) in [5, 5.41) is 6.00. The van der Waals surface area contributed by atoms with Crippen LogP contribution in [0.25, 0.3) is 0 Å². The molecule has 37 heavy (non-hydrogen) atoms. The molecule has 1 unspecified atom stereocenters. The fraction of sp³-hybridized carbons (Fsp3) is 0.250. The third-order valence-electron chi connectivity index (χ3n) is 6.53. The van der Waals surface area contributed by atoms with Crippen molar-refractivity contribution < 1.29 is 18.8 Å². The molecule has 0 radical (unpaired) electrons. The predicted octanol–water partition coefficient (Wildman–Crippen LogP) is 2.59. The highest BCUT2D eigenvalue weighted by molar-refractivity contribution is 5.92. The number of hydrazine groups is 1. The molecule has 1 aromatic heterocycles. The molecule has 3 heterocycles. The summed E-state index contributed by atoms with van der Waals surface area (Å²) in [5.74, 6) is 2.65. The van der Waals surface area contributed by atoms with Gasteiger partial charge in [-0.15, -0.1) is 6.42 Å². The van der Waals surface area contributed by atoms with Crippen molar-refractivity contribution in [1.82, 2.24) is 25.1 Å². The van der Waals surface area contributed by atoms with E-state index < -0.39 is 18.2 Å². The monoisotopic (exact) mass is 497 g/mol. The van der Waals surface area contributed by atoms with Crippen LogP contribution in [0.3, 0.4) is 0 Å². The highest BCUT2D eigenvalue weighted by atomic mass is 16.3. The van der Waals surface area contributed by atoms with Gasteiger partial charge in [0.25, 0.3) is 5.91 Å². The molecule has 2 fully saturated rings. The number of nitrogens with one attached hydrogen (secondary N) is 1. The minimum absolute atomic E-state index is 0.0664. The number of terminal acetylenes is 1. The molecule has 9 nitrogen and oxygen atoms in total. The third kappa shape index (κ3) is 4.92. The van der Waals surface area contributed by atoms with E-state index in [0.29, 0.717) is 17.9 Å². The van der Waals surface area contributed by atoms with Gasteiger partial charge in [0.05, 0.1) is 32.4 Å². The molecule has 0 saturated carbocycles. The van der Waals surface area contributed by atoms with Crippen LogP contribution in [0.2, 0.25) is 0 Å². The molecule has 3 aromatic rings. The zero-order chi connectivity index (χ0) is 25.8. The minimum atomic E-state index is -0.889. The van der Waals surface area contributed by atoms with Crippen LogP contribution in [0.15, 0.2) is 83.5 Å². The first-order chi connectivity index (χ1) is 18.1. The summed E-state index contributed by atoms with van der Waals surface area (Å²) >= 11 is 0. The normalized spacial score (nSPS) is 19.9. The van der Waals surface area contributed by atoms with Gasteiger partial charge in [-0.1, -0.05) is 66.6 Å². The molecular formula is C28H27N5O4. The number of fused-ring (bicyclic) bond motifs is 1. The number of amides is 4. The lowest BCUT2D eigenvalue weighted by Gasteiger charge is -2.54. The minimum Gasteiger partial charge on any atom is -0.467 e. The number of carbonyl (C=O) groups excluding carboxylic acids is 3. The molecule has 1 N–H and O–H groups in total. The van der Waals surface area contributed by atoms with Gasteiger partial charge in [0.2, 0.25) is 5.91 Å². The van der Waals surface area contributed by atoms with Crippen molar-refractivity contribution in [2.45, 2.75) is 25.3 Å². The van der Waals surface area contributed by atoms with E-state index in [1.165, 1.54) is 9.91 Å². The Morgan fingerprint density at radius 3 is 2.43 bits per heavy atom. The second kappa shape index (κ2) is 10.6. The molecular weight excluding hydrogens is 470 g/mol. The van der Waals surface area contributed by atoms with Crippen molar-refractivity contribution in [2.24, 2.45) is 0 Å². The first kappa shape index (κ1) is 24.2. The van der Waals surface area contributed by atoms with E-state index in [1.54, 1.807) is 28.3 Å². The van der Waals surface area contributed by atoms with Gasteiger partial charge in [-0.25, -0.2) is 9.80 Å². The van der Waals surface area contributed by atoms with E-state index >= 15 is 0 Å². The summed E-state index contributed by atoms with van der Waals surface area (Å²) in [6.45, 7) is 0.569. The lowest BCUT2D eigenvalue weighted by molar-refractivity contribution is -0.190. The maximum atomic E-state index is 13.8. The zero-order valence-electron chi connectivity index (χ0n) is 20.2. The maximum Gasteiger partial charge on any atom is 0.334 e. The number of piperazine rings is 1. The molecule has 2 aromatic carbocycles. The molecule has 0 spiro atoms. The summed E-state index contributed by atoms with van der Waals surface area (Å²) in [7, 11) is 0. The summed E-state index contributed by atoms with van der Waals surface area (Å²) in [5.41, 5.74) is 1.61. The first-order valence-electron chi connectivity index (χ1n) is 12.0. The van der Waals surface area contributed by atoms with Crippen LogP contribution in [0.4, 0.5) is 4.79 Å². The molecule has 0 bridgehead atoms. The highest BCUT2D eigenvalue weighted by Gasteiger charge is 2.51. The summed E-state index contributed by atoms with van der Waals surface area (Å²) < 4.78 is 5.50. The molecule has 2 aliphatic rings. The van der Waals surface area contributed by atoms with E-state index in [4.69, 9.17) is 10.8 Å². The van der Waals surface area contributed by atoms with Crippen LogP contribution in [0.5, 0.6) is 0 Å². The molecule has 2 saturated heterocycles. The van der Waals surface area contributed by atoms with Crippen molar-refractivity contribution in [3.63, 3.8) is 0 Å². The van der Waals surface area contributed by atoms with Gasteiger partial charge in [0.15, 0.2) is 0 Å². The Labute approximate surface area is 215 Å².